The number of hydrogen-bond acceptors (Lipinski definition) is 3. The standard InChI is InChI=1S/C21H21F6NO2/c22-20(23,24)16-10-15(11-17(12-16)21(25,26)27)19(13-29)30-28-9-5-4-8-18(28)14-6-2-1-3-7-14/h1-3,6-7,10-12,18-19,29H,4-5,8-9,13H2/t18-,19?/m0/s1. The number of hydrogen-bond donors (Lipinski definition) is 1. The molecule has 30 heavy (non-hydrogen) atoms. The maximum Gasteiger partial charge on any atom is 0.416 e. The van der Waals surface area contributed by atoms with Crippen LogP contribution < -0.4 is 0 Å². The Morgan fingerprint density at radius 3 is 2.07 bits per heavy atom. The minimum atomic E-state index is -4.96. The zero-order valence-corrected chi connectivity index (χ0v) is 15.9. The second kappa shape index (κ2) is 8.95. The molecule has 2 aromatic carbocycles. The van der Waals surface area contributed by atoms with E-state index in [4.69, 9.17) is 4.84 Å². The van der Waals surface area contributed by atoms with Crippen molar-refractivity contribution in [1.29, 1.82) is 0 Å². The molecule has 0 amide bonds. The van der Waals surface area contributed by atoms with E-state index in [0.29, 0.717) is 18.7 Å². The molecule has 0 aromatic heterocycles. The van der Waals surface area contributed by atoms with Crippen LogP contribution in [0.15, 0.2) is 48.5 Å². The number of aliphatic hydroxyl groups excluding tert-OH is 1. The topological polar surface area (TPSA) is 32.7 Å². The molecule has 1 heterocycles. The van der Waals surface area contributed by atoms with Gasteiger partial charge in [0.15, 0.2) is 0 Å². The fourth-order valence-electron chi connectivity index (χ4n) is 3.57. The third-order valence-corrected chi connectivity index (χ3v) is 5.05. The van der Waals surface area contributed by atoms with Gasteiger partial charge in [-0.3, -0.25) is 4.84 Å². The molecule has 1 aliphatic rings. The van der Waals surface area contributed by atoms with Crippen molar-refractivity contribution in [2.45, 2.75) is 43.8 Å². The molecule has 0 spiro atoms. The lowest BCUT2D eigenvalue weighted by Gasteiger charge is -2.37. The van der Waals surface area contributed by atoms with Gasteiger partial charge in [-0.1, -0.05) is 36.8 Å². The average molecular weight is 433 g/mol. The minimum absolute atomic E-state index is 0.0611. The lowest BCUT2D eigenvalue weighted by molar-refractivity contribution is -0.243. The molecular formula is C21H21F6NO2. The number of halogens is 6. The molecule has 0 saturated carbocycles. The van der Waals surface area contributed by atoms with Crippen LogP contribution in [0.25, 0.3) is 0 Å². The predicted octanol–water partition coefficient (Wildman–Crippen LogP) is 5.92. The molecule has 0 radical (unpaired) electrons. The average Bonchev–Trinajstić information content (AvgIpc) is 2.71. The molecular weight excluding hydrogens is 412 g/mol. The normalized spacial score (nSPS) is 19.6. The molecule has 1 aliphatic heterocycles. The maximum atomic E-state index is 13.2. The SMILES string of the molecule is OCC(ON1CCCC[C@H]1c1ccccc1)c1cc(C(F)(F)F)cc(C(F)(F)F)c1. The zero-order valence-electron chi connectivity index (χ0n) is 15.9. The van der Waals surface area contributed by atoms with Gasteiger partial charge in [-0.15, -0.1) is 0 Å². The number of piperidine rings is 1. The van der Waals surface area contributed by atoms with Gasteiger partial charge in [0.2, 0.25) is 0 Å². The Morgan fingerprint density at radius 2 is 1.53 bits per heavy atom. The van der Waals surface area contributed by atoms with Crippen molar-refractivity contribution >= 4 is 0 Å². The second-order valence-electron chi connectivity index (χ2n) is 7.18. The Bertz CT molecular complexity index is 805. The van der Waals surface area contributed by atoms with E-state index in [-0.39, 0.29) is 17.7 Å². The number of aliphatic hydroxyl groups is 1. The Balaban J connectivity index is 1.93. The van der Waals surface area contributed by atoms with Crippen molar-refractivity contribution in [2.24, 2.45) is 0 Å². The molecule has 9 heteroatoms. The van der Waals surface area contributed by atoms with Crippen LogP contribution in [0.3, 0.4) is 0 Å². The molecule has 1 N–H and O–H groups in total. The third-order valence-electron chi connectivity index (χ3n) is 5.05. The van der Waals surface area contributed by atoms with E-state index < -0.39 is 36.2 Å². The van der Waals surface area contributed by atoms with E-state index in [0.717, 1.165) is 24.8 Å². The van der Waals surface area contributed by atoms with Gasteiger partial charge in [0.1, 0.15) is 6.10 Å². The number of rotatable bonds is 5. The largest absolute Gasteiger partial charge is 0.416 e. The van der Waals surface area contributed by atoms with E-state index >= 15 is 0 Å². The highest BCUT2D eigenvalue weighted by Crippen LogP contribution is 2.39. The summed E-state index contributed by atoms with van der Waals surface area (Å²) in [4.78, 5) is 5.78. The highest BCUT2D eigenvalue weighted by Gasteiger charge is 2.38. The quantitative estimate of drug-likeness (QED) is 0.595. The Hall–Kier alpha value is -2.10. The van der Waals surface area contributed by atoms with E-state index in [1.54, 1.807) is 5.06 Å². The van der Waals surface area contributed by atoms with Crippen LogP contribution in [-0.4, -0.2) is 23.3 Å². The molecule has 164 valence electrons. The van der Waals surface area contributed by atoms with E-state index in [9.17, 15) is 31.4 Å². The van der Waals surface area contributed by atoms with Crippen molar-refractivity contribution < 1.29 is 36.3 Å². The van der Waals surface area contributed by atoms with Gasteiger partial charge < -0.3 is 5.11 Å². The summed E-state index contributed by atoms with van der Waals surface area (Å²) in [6, 6.07) is 10.3. The van der Waals surface area contributed by atoms with Crippen molar-refractivity contribution in [3.8, 4) is 0 Å². The molecule has 3 rings (SSSR count). The fraction of sp³-hybridized carbons (Fsp3) is 0.429. The zero-order chi connectivity index (χ0) is 21.9. The van der Waals surface area contributed by atoms with Gasteiger partial charge in [0.05, 0.1) is 23.8 Å². The molecule has 0 bridgehead atoms. The summed E-state index contributed by atoms with van der Waals surface area (Å²) in [6.07, 6.45) is -8.90. The molecule has 1 saturated heterocycles. The smallest absolute Gasteiger partial charge is 0.393 e. The highest BCUT2D eigenvalue weighted by molar-refractivity contribution is 5.35. The lowest BCUT2D eigenvalue weighted by atomic mass is 9.97. The van der Waals surface area contributed by atoms with Crippen LogP contribution >= 0.6 is 0 Å². The van der Waals surface area contributed by atoms with Crippen LogP contribution in [-0.2, 0) is 17.2 Å². The Labute approximate surface area is 169 Å². The van der Waals surface area contributed by atoms with E-state index in [1.807, 2.05) is 30.3 Å². The Kier molecular flexibility index (Phi) is 6.74. The van der Waals surface area contributed by atoms with Crippen molar-refractivity contribution in [2.75, 3.05) is 13.2 Å². The summed E-state index contributed by atoms with van der Waals surface area (Å²) < 4.78 is 79.0. The number of benzene rings is 2. The summed E-state index contributed by atoms with van der Waals surface area (Å²) >= 11 is 0. The predicted molar refractivity (Wildman–Crippen MR) is 97.1 cm³/mol. The first-order chi connectivity index (χ1) is 14.1. The monoisotopic (exact) mass is 433 g/mol. The van der Waals surface area contributed by atoms with Crippen LogP contribution in [0, 0.1) is 0 Å². The van der Waals surface area contributed by atoms with Gasteiger partial charge in [0.25, 0.3) is 0 Å². The first-order valence-corrected chi connectivity index (χ1v) is 9.48. The van der Waals surface area contributed by atoms with Crippen molar-refractivity contribution in [3.05, 3.63) is 70.8 Å². The molecule has 0 aliphatic carbocycles. The van der Waals surface area contributed by atoms with Gasteiger partial charge in [-0.05, 0) is 42.2 Å². The summed E-state index contributed by atoms with van der Waals surface area (Å²) in [5, 5.41) is 11.3. The third kappa shape index (κ3) is 5.33. The first-order valence-electron chi connectivity index (χ1n) is 9.48. The Morgan fingerprint density at radius 1 is 0.933 bits per heavy atom. The minimum Gasteiger partial charge on any atom is -0.393 e. The van der Waals surface area contributed by atoms with Crippen molar-refractivity contribution in [1.82, 2.24) is 5.06 Å². The molecule has 3 nitrogen and oxygen atoms in total. The summed E-state index contributed by atoms with van der Waals surface area (Å²) in [6.45, 7) is -0.322. The van der Waals surface area contributed by atoms with Crippen LogP contribution in [0.5, 0.6) is 0 Å². The van der Waals surface area contributed by atoms with E-state index in [1.165, 1.54) is 0 Å². The van der Waals surface area contributed by atoms with E-state index in [2.05, 4.69) is 0 Å². The van der Waals surface area contributed by atoms with Crippen molar-refractivity contribution in [3.63, 3.8) is 0 Å². The molecule has 1 fully saturated rings. The molecule has 2 atom stereocenters. The summed E-state index contributed by atoms with van der Waals surface area (Å²) in [5.74, 6) is 0. The van der Waals surface area contributed by atoms with Gasteiger partial charge in [-0.25, -0.2) is 0 Å². The number of alkyl halides is 6. The summed E-state index contributed by atoms with van der Waals surface area (Å²) in [7, 11) is 0. The van der Waals surface area contributed by atoms with Crippen LogP contribution in [0.4, 0.5) is 26.3 Å². The lowest BCUT2D eigenvalue weighted by Crippen LogP contribution is -2.35. The van der Waals surface area contributed by atoms with Gasteiger partial charge in [-0.2, -0.15) is 31.4 Å². The van der Waals surface area contributed by atoms with Crippen LogP contribution in [0.1, 0.15) is 53.7 Å². The fourth-order valence-corrected chi connectivity index (χ4v) is 3.57. The first kappa shape index (κ1) is 22.6. The number of hydroxylamine groups is 2. The number of nitrogens with zero attached hydrogens (tertiary/aromatic N) is 1. The second-order valence-corrected chi connectivity index (χ2v) is 7.18. The van der Waals surface area contributed by atoms with Gasteiger partial charge in [0, 0.05) is 6.54 Å². The van der Waals surface area contributed by atoms with Gasteiger partial charge >= 0.3 is 12.4 Å². The van der Waals surface area contributed by atoms with Crippen LogP contribution in [0.2, 0.25) is 0 Å². The molecule has 2 aromatic rings. The maximum absolute atomic E-state index is 13.2. The molecule has 1 unspecified atom stereocenters. The summed E-state index contributed by atoms with van der Waals surface area (Å²) in [5.41, 5.74) is -2.33. The highest BCUT2D eigenvalue weighted by atomic mass is 19.4.